The zero-order valence-corrected chi connectivity index (χ0v) is 15.1. The standard InChI is InChI=1S/C16H11BrFNO5S/c1-25(22,23)19-12-7-13-10(6-11(12)17)14(16(20)21)15(24-13)8-2-4-9(18)5-3-8/h2-7,19H,1H3,(H,20,21). The topological polar surface area (TPSA) is 96.6 Å². The Labute approximate surface area is 150 Å². The van der Waals surface area contributed by atoms with Crippen LogP contribution >= 0.6 is 15.9 Å². The lowest BCUT2D eigenvalue weighted by atomic mass is 10.1. The molecule has 0 aliphatic heterocycles. The van der Waals surface area contributed by atoms with Crippen molar-refractivity contribution in [2.24, 2.45) is 0 Å². The molecular weight excluding hydrogens is 417 g/mol. The summed E-state index contributed by atoms with van der Waals surface area (Å²) in [5.41, 5.74) is 0.703. The number of benzene rings is 2. The SMILES string of the molecule is CS(=O)(=O)Nc1cc2oc(-c3ccc(F)cc3)c(C(=O)O)c2cc1Br. The van der Waals surface area contributed by atoms with E-state index in [2.05, 4.69) is 20.7 Å². The number of carboxylic acids is 1. The molecule has 1 aromatic heterocycles. The van der Waals surface area contributed by atoms with Gasteiger partial charge in [0.05, 0.1) is 11.9 Å². The highest BCUT2D eigenvalue weighted by molar-refractivity contribution is 9.10. The molecule has 6 nitrogen and oxygen atoms in total. The van der Waals surface area contributed by atoms with E-state index in [0.29, 0.717) is 10.0 Å². The highest BCUT2D eigenvalue weighted by atomic mass is 79.9. The first-order valence-corrected chi connectivity index (χ1v) is 9.57. The zero-order chi connectivity index (χ0) is 18.4. The van der Waals surface area contributed by atoms with E-state index in [4.69, 9.17) is 4.42 Å². The first-order valence-electron chi connectivity index (χ1n) is 6.89. The number of hydrogen-bond donors (Lipinski definition) is 2. The Bertz CT molecular complexity index is 1090. The number of carbonyl (C=O) groups is 1. The molecule has 0 radical (unpaired) electrons. The number of aromatic carboxylic acids is 1. The Morgan fingerprint density at radius 2 is 1.88 bits per heavy atom. The van der Waals surface area contributed by atoms with Crippen LogP contribution in [0.2, 0.25) is 0 Å². The van der Waals surface area contributed by atoms with Crippen LogP contribution in [0, 0.1) is 5.82 Å². The van der Waals surface area contributed by atoms with E-state index in [1.807, 2.05) is 0 Å². The van der Waals surface area contributed by atoms with Gasteiger partial charge in [0, 0.05) is 21.5 Å². The van der Waals surface area contributed by atoms with Crippen molar-refractivity contribution in [3.63, 3.8) is 0 Å². The van der Waals surface area contributed by atoms with Gasteiger partial charge >= 0.3 is 5.97 Å². The maximum absolute atomic E-state index is 13.1. The van der Waals surface area contributed by atoms with Gasteiger partial charge in [-0.3, -0.25) is 4.72 Å². The quantitative estimate of drug-likeness (QED) is 0.653. The van der Waals surface area contributed by atoms with Crippen molar-refractivity contribution in [1.29, 1.82) is 0 Å². The summed E-state index contributed by atoms with van der Waals surface area (Å²) in [6.45, 7) is 0. The van der Waals surface area contributed by atoms with Gasteiger partial charge in [0.2, 0.25) is 10.0 Å². The molecule has 0 spiro atoms. The Hall–Kier alpha value is -2.39. The van der Waals surface area contributed by atoms with E-state index in [-0.39, 0.29) is 28.0 Å². The average Bonchev–Trinajstić information content (AvgIpc) is 2.85. The van der Waals surface area contributed by atoms with Crippen molar-refractivity contribution in [2.45, 2.75) is 0 Å². The number of furan rings is 1. The highest BCUT2D eigenvalue weighted by Crippen LogP contribution is 2.38. The second kappa shape index (κ2) is 6.16. The van der Waals surface area contributed by atoms with Crippen molar-refractivity contribution in [2.75, 3.05) is 11.0 Å². The van der Waals surface area contributed by atoms with E-state index in [0.717, 1.165) is 6.26 Å². The molecule has 0 atom stereocenters. The molecule has 0 saturated carbocycles. The van der Waals surface area contributed by atoms with Crippen LogP contribution in [0.3, 0.4) is 0 Å². The summed E-state index contributed by atoms with van der Waals surface area (Å²) in [5, 5.41) is 9.84. The van der Waals surface area contributed by atoms with Gasteiger partial charge in [0.15, 0.2) is 0 Å². The third kappa shape index (κ3) is 3.52. The summed E-state index contributed by atoms with van der Waals surface area (Å²) in [6, 6.07) is 8.05. The highest BCUT2D eigenvalue weighted by Gasteiger charge is 2.23. The summed E-state index contributed by atoms with van der Waals surface area (Å²) >= 11 is 3.22. The smallest absolute Gasteiger partial charge is 0.340 e. The summed E-state index contributed by atoms with van der Waals surface area (Å²) < 4.78 is 44.3. The Balaban J connectivity index is 2.26. The molecule has 2 aromatic carbocycles. The second-order valence-corrected chi connectivity index (χ2v) is 7.92. The van der Waals surface area contributed by atoms with E-state index >= 15 is 0 Å². The lowest BCUT2D eigenvalue weighted by Crippen LogP contribution is -2.09. The van der Waals surface area contributed by atoms with Gasteiger partial charge in [-0.25, -0.2) is 17.6 Å². The first-order chi connectivity index (χ1) is 11.7. The van der Waals surface area contributed by atoms with Crippen LogP contribution in [-0.2, 0) is 10.0 Å². The van der Waals surface area contributed by atoms with Gasteiger partial charge in [-0.1, -0.05) is 0 Å². The van der Waals surface area contributed by atoms with Gasteiger partial charge in [0.25, 0.3) is 0 Å². The van der Waals surface area contributed by atoms with Gasteiger partial charge in [-0.15, -0.1) is 0 Å². The number of anilines is 1. The third-order valence-electron chi connectivity index (χ3n) is 3.39. The van der Waals surface area contributed by atoms with Crippen molar-refractivity contribution in [1.82, 2.24) is 0 Å². The van der Waals surface area contributed by atoms with Crippen LogP contribution in [0.4, 0.5) is 10.1 Å². The van der Waals surface area contributed by atoms with Crippen molar-refractivity contribution < 1.29 is 27.1 Å². The fourth-order valence-corrected chi connectivity index (χ4v) is 3.55. The van der Waals surface area contributed by atoms with E-state index in [1.165, 1.54) is 36.4 Å². The largest absolute Gasteiger partial charge is 0.478 e. The molecule has 3 aromatic rings. The van der Waals surface area contributed by atoms with Crippen molar-refractivity contribution >= 4 is 48.6 Å². The zero-order valence-electron chi connectivity index (χ0n) is 12.7. The summed E-state index contributed by atoms with van der Waals surface area (Å²) in [5.74, 6) is -1.61. The molecule has 0 saturated heterocycles. The summed E-state index contributed by atoms with van der Waals surface area (Å²) in [4.78, 5) is 11.7. The van der Waals surface area contributed by atoms with Gasteiger partial charge < -0.3 is 9.52 Å². The lowest BCUT2D eigenvalue weighted by molar-refractivity contribution is 0.0699. The average molecular weight is 428 g/mol. The number of rotatable bonds is 4. The Morgan fingerprint density at radius 1 is 1.24 bits per heavy atom. The molecule has 130 valence electrons. The van der Waals surface area contributed by atoms with Crippen LogP contribution in [0.15, 0.2) is 45.3 Å². The molecule has 0 unspecified atom stereocenters. The minimum atomic E-state index is -3.52. The van der Waals surface area contributed by atoms with Crippen LogP contribution in [0.1, 0.15) is 10.4 Å². The van der Waals surface area contributed by atoms with Gasteiger partial charge in [-0.2, -0.15) is 0 Å². The molecule has 0 bridgehead atoms. The normalized spacial score (nSPS) is 11.6. The molecule has 25 heavy (non-hydrogen) atoms. The van der Waals surface area contributed by atoms with Crippen LogP contribution in [0.5, 0.6) is 0 Å². The molecule has 3 rings (SSSR count). The molecule has 9 heteroatoms. The predicted octanol–water partition coefficient (Wildman–Crippen LogP) is 4.07. The van der Waals surface area contributed by atoms with E-state index < -0.39 is 21.8 Å². The third-order valence-corrected chi connectivity index (χ3v) is 4.64. The molecular formula is C16H11BrFNO5S. The maximum atomic E-state index is 13.1. The van der Waals surface area contributed by atoms with E-state index in [9.17, 15) is 22.7 Å². The number of fused-ring (bicyclic) bond motifs is 1. The minimum absolute atomic E-state index is 0.0610. The lowest BCUT2D eigenvalue weighted by Gasteiger charge is -2.06. The number of hydrogen-bond acceptors (Lipinski definition) is 4. The number of sulfonamides is 1. The molecule has 0 amide bonds. The molecule has 2 N–H and O–H groups in total. The van der Waals surface area contributed by atoms with Gasteiger partial charge in [-0.05, 0) is 46.3 Å². The summed E-state index contributed by atoms with van der Waals surface area (Å²) in [6.07, 6.45) is 0.998. The van der Waals surface area contributed by atoms with Crippen LogP contribution in [0.25, 0.3) is 22.3 Å². The molecule has 0 aliphatic carbocycles. The Kier molecular flexibility index (Phi) is 4.29. The number of halogens is 2. The van der Waals surface area contributed by atoms with E-state index in [1.54, 1.807) is 0 Å². The number of carboxylic acid groups (broad SMARTS) is 1. The summed E-state index contributed by atoms with van der Waals surface area (Å²) in [7, 11) is -3.52. The molecule has 0 aliphatic rings. The Morgan fingerprint density at radius 3 is 2.44 bits per heavy atom. The fraction of sp³-hybridized carbons (Fsp3) is 0.0625. The fourth-order valence-electron chi connectivity index (χ4n) is 2.41. The predicted molar refractivity (Wildman–Crippen MR) is 94.7 cm³/mol. The van der Waals surface area contributed by atoms with Crippen LogP contribution in [-0.4, -0.2) is 25.7 Å². The second-order valence-electron chi connectivity index (χ2n) is 5.32. The number of nitrogens with one attached hydrogen (secondary N) is 1. The van der Waals surface area contributed by atoms with Crippen molar-refractivity contribution in [3.05, 3.63) is 52.3 Å². The van der Waals surface area contributed by atoms with Gasteiger partial charge in [0.1, 0.15) is 22.7 Å². The van der Waals surface area contributed by atoms with Crippen LogP contribution < -0.4 is 4.72 Å². The molecule has 0 fully saturated rings. The first kappa shape index (κ1) is 17.4. The monoisotopic (exact) mass is 427 g/mol. The minimum Gasteiger partial charge on any atom is -0.478 e. The maximum Gasteiger partial charge on any atom is 0.340 e. The molecule has 1 heterocycles. The van der Waals surface area contributed by atoms with Crippen molar-refractivity contribution in [3.8, 4) is 11.3 Å².